The number of thiophene rings is 1. The van der Waals surface area contributed by atoms with Crippen LogP contribution in [-0.2, 0) is 6.42 Å². The average molecular weight is 297 g/mol. The SMILES string of the molecule is Cc1sc(Br)cc1C(O)Cc1ccccc1. The zero-order valence-electron chi connectivity index (χ0n) is 8.98. The van der Waals surface area contributed by atoms with Crippen molar-refractivity contribution in [3.05, 3.63) is 56.2 Å². The quantitative estimate of drug-likeness (QED) is 0.904. The third kappa shape index (κ3) is 2.73. The molecule has 1 nitrogen and oxygen atoms in total. The molecule has 2 rings (SSSR count). The Morgan fingerprint density at radius 2 is 2.00 bits per heavy atom. The summed E-state index contributed by atoms with van der Waals surface area (Å²) < 4.78 is 1.08. The fraction of sp³-hybridized carbons (Fsp3) is 0.231. The predicted octanol–water partition coefficient (Wildman–Crippen LogP) is 4.10. The maximum Gasteiger partial charge on any atom is 0.0841 e. The largest absolute Gasteiger partial charge is 0.388 e. The minimum Gasteiger partial charge on any atom is -0.388 e. The summed E-state index contributed by atoms with van der Waals surface area (Å²) in [6.45, 7) is 2.04. The molecule has 1 N–H and O–H groups in total. The molecule has 1 atom stereocenters. The van der Waals surface area contributed by atoms with E-state index in [-0.39, 0.29) is 0 Å². The van der Waals surface area contributed by atoms with Crippen molar-refractivity contribution < 1.29 is 5.11 Å². The first-order chi connectivity index (χ1) is 7.66. The summed E-state index contributed by atoms with van der Waals surface area (Å²) in [5.41, 5.74) is 2.19. The van der Waals surface area contributed by atoms with Crippen molar-refractivity contribution in [3.63, 3.8) is 0 Å². The van der Waals surface area contributed by atoms with Gasteiger partial charge in [-0.25, -0.2) is 0 Å². The summed E-state index contributed by atoms with van der Waals surface area (Å²) in [6.07, 6.45) is 0.259. The average Bonchev–Trinajstić information content (AvgIpc) is 2.59. The van der Waals surface area contributed by atoms with Crippen LogP contribution in [0.5, 0.6) is 0 Å². The lowest BCUT2D eigenvalue weighted by Crippen LogP contribution is -2.01. The van der Waals surface area contributed by atoms with Crippen molar-refractivity contribution in [1.29, 1.82) is 0 Å². The van der Waals surface area contributed by atoms with Crippen molar-refractivity contribution in [2.24, 2.45) is 0 Å². The van der Waals surface area contributed by atoms with Gasteiger partial charge in [0.05, 0.1) is 9.89 Å². The van der Waals surface area contributed by atoms with E-state index in [1.165, 1.54) is 4.88 Å². The monoisotopic (exact) mass is 296 g/mol. The number of hydrogen-bond acceptors (Lipinski definition) is 2. The van der Waals surface area contributed by atoms with E-state index in [0.717, 1.165) is 14.9 Å². The number of halogens is 1. The van der Waals surface area contributed by atoms with Crippen molar-refractivity contribution in [1.82, 2.24) is 0 Å². The van der Waals surface area contributed by atoms with E-state index in [1.54, 1.807) is 11.3 Å². The van der Waals surface area contributed by atoms with Crippen molar-refractivity contribution >= 4 is 27.3 Å². The lowest BCUT2D eigenvalue weighted by atomic mass is 10.0. The molecule has 0 bridgehead atoms. The van der Waals surface area contributed by atoms with E-state index >= 15 is 0 Å². The highest BCUT2D eigenvalue weighted by atomic mass is 79.9. The van der Waals surface area contributed by atoms with Crippen LogP contribution in [0.1, 0.15) is 22.1 Å². The summed E-state index contributed by atoms with van der Waals surface area (Å²) in [5.74, 6) is 0. The lowest BCUT2D eigenvalue weighted by Gasteiger charge is -2.10. The molecular formula is C13H13BrOS. The van der Waals surface area contributed by atoms with E-state index in [0.29, 0.717) is 6.42 Å². The van der Waals surface area contributed by atoms with Gasteiger partial charge in [0.25, 0.3) is 0 Å². The number of hydrogen-bond donors (Lipinski definition) is 1. The van der Waals surface area contributed by atoms with Gasteiger partial charge in [0, 0.05) is 11.3 Å². The fourth-order valence-electron chi connectivity index (χ4n) is 1.74. The molecule has 84 valence electrons. The Bertz CT molecular complexity index is 464. The van der Waals surface area contributed by atoms with Crippen molar-refractivity contribution in [3.8, 4) is 0 Å². The minimum atomic E-state index is -0.412. The summed E-state index contributed by atoms with van der Waals surface area (Å²) in [5, 5.41) is 10.2. The van der Waals surface area contributed by atoms with Crippen LogP contribution in [0.15, 0.2) is 40.2 Å². The Hall–Kier alpha value is -0.640. The Morgan fingerprint density at radius 3 is 2.56 bits per heavy atom. The molecule has 0 aliphatic heterocycles. The topological polar surface area (TPSA) is 20.2 Å². The molecule has 0 radical (unpaired) electrons. The van der Waals surface area contributed by atoms with Crippen LogP contribution in [0.25, 0.3) is 0 Å². The standard InChI is InChI=1S/C13H13BrOS/c1-9-11(8-13(14)16-9)12(15)7-10-5-3-2-4-6-10/h2-6,8,12,15H,7H2,1H3. The zero-order valence-corrected chi connectivity index (χ0v) is 11.4. The highest BCUT2D eigenvalue weighted by Crippen LogP contribution is 2.31. The first kappa shape index (κ1) is 11.8. The number of benzene rings is 1. The van der Waals surface area contributed by atoms with Crippen LogP contribution in [0.4, 0.5) is 0 Å². The minimum absolute atomic E-state index is 0.412. The molecule has 0 aliphatic carbocycles. The van der Waals surface area contributed by atoms with Gasteiger partial charge >= 0.3 is 0 Å². The van der Waals surface area contributed by atoms with Crippen molar-refractivity contribution in [2.45, 2.75) is 19.4 Å². The van der Waals surface area contributed by atoms with Gasteiger partial charge in [0.15, 0.2) is 0 Å². The van der Waals surface area contributed by atoms with E-state index in [9.17, 15) is 5.11 Å². The van der Waals surface area contributed by atoms with Crippen LogP contribution >= 0.6 is 27.3 Å². The summed E-state index contributed by atoms with van der Waals surface area (Å²) >= 11 is 5.11. The molecule has 16 heavy (non-hydrogen) atoms. The molecule has 0 amide bonds. The summed E-state index contributed by atoms with van der Waals surface area (Å²) in [7, 11) is 0. The van der Waals surface area contributed by atoms with Crippen LogP contribution in [0, 0.1) is 6.92 Å². The second-order valence-electron chi connectivity index (χ2n) is 3.77. The molecule has 1 aromatic heterocycles. The van der Waals surface area contributed by atoms with E-state index in [1.807, 2.05) is 43.3 Å². The molecule has 1 unspecified atom stereocenters. The molecule has 2 aromatic rings. The van der Waals surface area contributed by atoms with Gasteiger partial charge in [0.1, 0.15) is 0 Å². The van der Waals surface area contributed by atoms with Gasteiger partial charge < -0.3 is 5.11 Å². The van der Waals surface area contributed by atoms with Gasteiger partial charge in [-0.3, -0.25) is 0 Å². The fourth-order valence-corrected chi connectivity index (χ4v) is 3.50. The first-order valence-electron chi connectivity index (χ1n) is 5.14. The maximum atomic E-state index is 10.2. The highest BCUT2D eigenvalue weighted by Gasteiger charge is 2.13. The predicted molar refractivity (Wildman–Crippen MR) is 71.9 cm³/mol. The Labute approximate surface area is 108 Å². The molecule has 0 aliphatic rings. The van der Waals surface area contributed by atoms with E-state index in [2.05, 4.69) is 15.9 Å². The molecule has 3 heteroatoms. The Morgan fingerprint density at radius 1 is 1.31 bits per heavy atom. The Balaban J connectivity index is 2.14. The van der Waals surface area contributed by atoms with Gasteiger partial charge in [-0.05, 0) is 40.0 Å². The third-order valence-corrected chi connectivity index (χ3v) is 4.13. The van der Waals surface area contributed by atoms with Gasteiger partial charge in [-0.2, -0.15) is 0 Å². The smallest absolute Gasteiger partial charge is 0.0841 e. The van der Waals surface area contributed by atoms with Gasteiger partial charge in [-0.15, -0.1) is 11.3 Å². The maximum absolute atomic E-state index is 10.2. The third-order valence-electron chi connectivity index (χ3n) is 2.56. The second kappa shape index (κ2) is 5.13. The van der Waals surface area contributed by atoms with Crippen LogP contribution in [0.3, 0.4) is 0 Å². The summed E-state index contributed by atoms with van der Waals surface area (Å²) in [6, 6.07) is 12.1. The summed E-state index contributed by atoms with van der Waals surface area (Å²) in [4.78, 5) is 1.18. The normalized spacial score (nSPS) is 12.7. The van der Waals surface area contributed by atoms with Crippen LogP contribution < -0.4 is 0 Å². The number of rotatable bonds is 3. The van der Waals surface area contributed by atoms with Gasteiger partial charge in [-0.1, -0.05) is 30.3 Å². The molecular weight excluding hydrogens is 284 g/mol. The van der Waals surface area contributed by atoms with E-state index < -0.39 is 6.10 Å². The van der Waals surface area contributed by atoms with Gasteiger partial charge in [0.2, 0.25) is 0 Å². The second-order valence-corrected chi connectivity index (χ2v) is 6.40. The molecule has 0 spiro atoms. The number of aliphatic hydroxyl groups excluding tert-OH is 1. The first-order valence-corrected chi connectivity index (χ1v) is 6.75. The van der Waals surface area contributed by atoms with Crippen LogP contribution in [0.2, 0.25) is 0 Å². The lowest BCUT2D eigenvalue weighted by molar-refractivity contribution is 0.178. The molecule has 0 saturated carbocycles. The Kier molecular flexibility index (Phi) is 3.79. The molecule has 0 fully saturated rings. The highest BCUT2D eigenvalue weighted by molar-refractivity contribution is 9.11. The number of aliphatic hydroxyl groups is 1. The molecule has 1 heterocycles. The van der Waals surface area contributed by atoms with Crippen LogP contribution in [-0.4, -0.2) is 5.11 Å². The van der Waals surface area contributed by atoms with E-state index in [4.69, 9.17) is 0 Å². The molecule has 0 saturated heterocycles. The number of aryl methyl sites for hydroxylation is 1. The molecule has 1 aromatic carbocycles. The van der Waals surface area contributed by atoms with Crippen molar-refractivity contribution in [2.75, 3.05) is 0 Å². The zero-order chi connectivity index (χ0) is 11.5.